The van der Waals surface area contributed by atoms with Gasteiger partial charge in [0.25, 0.3) is 5.91 Å². The van der Waals surface area contributed by atoms with Crippen molar-refractivity contribution < 1.29 is 4.79 Å². The number of aromatic nitrogens is 2. The monoisotopic (exact) mass is 340 g/mol. The summed E-state index contributed by atoms with van der Waals surface area (Å²) in [5, 5.41) is 3.01. The van der Waals surface area contributed by atoms with Crippen LogP contribution < -0.4 is 10.2 Å². The summed E-state index contributed by atoms with van der Waals surface area (Å²) in [4.78, 5) is 23.6. The number of benzene rings is 1. The summed E-state index contributed by atoms with van der Waals surface area (Å²) in [6.45, 7) is 10.9. The molecule has 1 aromatic carbocycles. The molecule has 1 amide bonds. The molecule has 2 rings (SSSR count). The predicted molar refractivity (Wildman–Crippen MR) is 104 cm³/mol. The average Bonchev–Trinajstić information content (AvgIpc) is 2.55. The van der Waals surface area contributed by atoms with E-state index < -0.39 is 0 Å². The van der Waals surface area contributed by atoms with Crippen molar-refractivity contribution in [3.05, 3.63) is 46.4 Å². The van der Waals surface area contributed by atoms with Gasteiger partial charge in [0.2, 0.25) is 0 Å². The van der Waals surface area contributed by atoms with Gasteiger partial charge in [0.05, 0.1) is 0 Å². The summed E-state index contributed by atoms with van der Waals surface area (Å²) in [7, 11) is 1.99. The smallest absolute Gasteiger partial charge is 0.274 e. The topological polar surface area (TPSA) is 58.1 Å². The number of nitrogens with zero attached hydrogens (tertiary/aromatic N) is 3. The minimum Gasteiger partial charge on any atom is -0.360 e. The van der Waals surface area contributed by atoms with Gasteiger partial charge in [0.15, 0.2) is 0 Å². The van der Waals surface area contributed by atoms with Crippen LogP contribution in [0, 0.1) is 27.7 Å². The van der Waals surface area contributed by atoms with Crippen LogP contribution in [-0.4, -0.2) is 29.5 Å². The van der Waals surface area contributed by atoms with Gasteiger partial charge in [-0.05, 0) is 45.2 Å². The fourth-order valence-electron chi connectivity index (χ4n) is 2.93. The van der Waals surface area contributed by atoms with Gasteiger partial charge in [-0.1, -0.05) is 31.0 Å². The third-order valence-electron chi connectivity index (χ3n) is 4.21. The second kappa shape index (κ2) is 8.10. The van der Waals surface area contributed by atoms with Crippen molar-refractivity contribution in [3.8, 4) is 0 Å². The zero-order valence-electron chi connectivity index (χ0n) is 16.1. The number of unbranched alkanes of at least 4 members (excludes halogenated alkanes) is 1. The maximum atomic E-state index is 12.7. The number of carbonyl (C=O) groups excluding carboxylic acids is 1. The molecule has 0 aliphatic heterocycles. The molecule has 0 saturated heterocycles. The van der Waals surface area contributed by atoms with E-state index in [1.54, 1.807) is 6.07 Å². The first-order valence-electron chi connectivity index (χ1n) is 8.77. The Labute approximate surface area is 150 Å². The van der Waals surface area contributed by atoms with E-state index in [1.807, 2.05) is 27.8 Å². The average molecular weight is 340 g/mol. The SMILES string of the molecule is CCCCN(C)c1cc(C(=O)Nc2c(C)cc(C)cc2C)nc(C)n1. The number of rotatable bonds is 6. The van der Waals surface area contributed by atoms with Crippen molar-refractivity contribution in [2.45, 2.75) is 47.5 Å². The normalized spacial score (nSPS) is 10.6. The van der Waals surface area contributed by atoms with Gasteiger partial charge in [-0.15, -0.1) is 0 Å². The van der Waals surface area contributed by atoms with Gasteiger partial charge >= 0.3 is 0 Å². The first-order chi connectivity index (χ1) is 11.8. The van der Waals surface area contributed by atoms with Gasteiger partial charge in [-0.3, -0.25) is 4.79 Å². The van der Waals surface area contributed by atoms with Crippen molar-refractivity contribution in [2.24, 2.45) is 0 Å². The molecule has 0 aliphatic carbocycles. The van der Waals surface area contributed by atoms with Crippen LogP contribution in [0.2, 0.25) is 0 Å². The van der Waals surface area contributed by atoms with Crippen molar-refractivity contribution in [1.29, 1.82) is 0 Å². The minimum absolute atomic E-state index is 0.203. The molecule has 1 N–H and O–H groups in total. The van der Waals surface area contributed by atoms with E-state index in [9.17, 15) is 4.79 Å². The lowest BCUT2D eigenvalue weighted by Gasteiger charge is -2.19. The van der Waals surface area contributed by atoms with Crippen LogP contribution in [0.3, 0.4) is 0 Å². The molecule has 25 heavy (non-hydrogen) atoms. The maximum absolute atomic E-state index is 12.7. The van der Waals surface area contributed by atoms with E-state index in [2.05, 4.69) is 46.2 Å². The molecule has 0 aliphatic rings. The Hall–Kier alpha value is -2.43. The van der Waals surface area contributed by atoms with Crippen LogP contribution in [0.25, 0.3) is 0 Å². The lowest BCUT2D eigenvalue weighted by atomic mass is 10.0. The molecule has 5 nitrogen and oxygen atoms in total. The molecule has 1 heterocycles. The molecule has 5 heteroatoms. The Kier molecular flexibility index (Phi) is 6.12. The van der Waals surface area contributed by atoms with Crippen LogP contribution in [0.15, 0.2) is 18.2 Å². The fourth-order valence-corrected chi connectivity index (χ4v) is 2.93. The molecule has 1 aromatic heterocycles. The molecule has 0 bridgehead atoms. The van der Waals surface area contributed by atoms with Gasteiger partial charge < -0.3 is 10.2 Å². The Bertz CT molecular complexity index is 747. The highest BCUT2D eigenvalue weighted by Gasteiger charge is 2.15. The highest BCUT2D eigenvalue weighted by atomic mass is 16.1. The third kappa shape index (κ3) is 4.78. The van der Waals surface area contributed by atoms with Crippen LogP contribution in [0.1, 0.15) is 52.8 Å². The summed E-state index contributed by atoms with van der Waals surface area (Å²) in [5.74, 6) is 1.18. The van der Waals surface area contributed by atoms with Gasteiger partial charge in [0.1, 0.15) is 17.3 Å². The molecule has 0 radical (unpaired) electrons. The van der Waals surface area contributed by atoms with E-state index in [0.29, 0.717) is 11.5 Å². The molecular weight excluding hydrogens is 312 g/mol. The number of amides is 1. The van der Waals surface area contributed by atoms with Crippen LogP contribution in [0.5, 0.6) is 0 Å². The summed E-state index contributed by atoms with van der Waals surface area (Å²) >= 11 is 0. The standard InChI is InChI=1S/C20H28N4O/c1-7-8-9-24(6)18-12-17(21-16(5)22-18)20(25)23-19-14(3)10-13(2)11-15(19)4/h10-12H,7-9H2,1-6H3,(H,23,25). The van der Waals surface area contributed by atoms with E-state index in [4.69, 9.17) is 0 Å². The van der Waals surface area contributed by atoms with E-state index >= 15 is 0 Å². The van der Waals surface area contributed by atoms with Crippen LogP contribution in [-0.2, 0) is 0 Å². The number of carbonyl (C=O) groups is 1. The Balaban J connectivity index is 2.26. The van der Waals surface area contributed by atoms with Crippen molar-refractivity contribution in [2.75, 3.05) is 23.8 Å². The number of hydrogen-bond acceptors (Lipinski definition) is 4. The molecule has 0 unspecified atom stereocenters. The first-order valence-corrected chi connectivity index (χ1v) is 8.77. The van der Waals surface area contributed by atoms with Crippen LogP contribution >= 0.6 is 0 Å². The van der Waals surface area contributed by atoms with Crippen molar-refractivity contribution >= 4 is 17.4 Å². The van der Waals surface area contributed by atoms with Crippen LogP contribution in [0.4, 0.5) is 11.5 Å². The summed E-state index contributed by atoms with van der Waals surface area (Å²) in [5.41, 5.74) is 4.54. The van der Waals surface area contributed by atoms with Crippen molar-refractivity contribution in [1.82, 2.24) is 9.97 Å². The summed E-state index contributed by atoms with van der Waals surface area (Å²) in [6, 6.07) is 5.90. The second-order valence-electron chi connectivity index (χ2n) is 6.66. The highest BCUT2D eigenvalue weighted by Crippen LogP contribution is 2.23. The van der Waals surface area contributed by atoms with Crippen molar-refractivity contribution in [3.63, 3.8) is 0 Å². The second-order valence-corrected chi connectivity index (χ2v) is 6.66. The number of anilines is 2. The largest absolute Gasteiger partial charge is 0.360 e. The highest BCUT2D eigenvalue weighted by molar-refractivity contribution is 6.04. The Morgan fingerprint density at radius 1 is 1.08 bits per heavy atom. The minimum atomic E-state index is -0.203. The van der Waals surface area contributed by atoms with E-state index in [1.165, 1.54) is 5.56 Å². The number of nitrogens with one attached hydrogen (secondary N) is 1. The Morgan fingerprint density at radius 2 is 1.72 bits per heavy atom. The maximum Gasteiger partial charge on any atom is 0.274 e. The Morgan fingerprint density at radius 3 is 2.32 bits per heavy atom. The lowest BCUT2D eigenvalue weighted by Crippen LogP contribution is -2.22. The molecule has 0 saturated carbocycles. The molecule has 0 spiro atoms. The summed E-state index contributed by atoms with van der Waals surface area (Å²) in [6.07, 6.45) is 2.20. The first kappa shape index (κ1) is 18.9. The van der Waals surface area contributed by atoms with Gasteiger partial charge in [0, 0.05) is 25.3 Å². The molecular formula is C20H28N4O. The molecule has 134 valence electrons. The quantitative estimate of drug-likeness (QED) is 0.856. The fraction of sp³-hybridized carbons (Fsp3) is 0.450. The third-order valence-corrected chi connectivity index (χ3v) is 4.21. The number of aryl methyl sites for hydroxylation is 4. The lowest BCUT2D eigenvalue weighted by molar-refractivity contribution is 0.102. The van der Waals surface area contributed by atoms with E-state index in [0.717, 1.165) is 42.0 Å². The van der Waals surface area contributed by atoms with Gasteiger partial charge in [-0.2, -0.15) is 0 Å². The molecule has 0 atom stereocenters. The summed E-state index contributed by atoms with van der Waals surface area (Å²) < 4.78 is 0. The molecule has 2 aromatic rings. The number of hydrogen-bond donors (Lipinski definition) is 1. The zero-order chi connectivity index (χ0) is 18.6. The van der Waals surface area contributed by atoms with Gasteiger partial charge in [-0.25, -0.2) is 9.97 Å². The predicted octanol–water partition coefficient (Wildman–Crippen LogP) is 4.20. The zero-order valence-corrected chi connectivity index (χ0v) is 16.1. The van der Waals surface area contributed by atoms with E-state index in [-0.39, 0.29) is 5.91 Å². The molecule has 0 fully saturated rings.